The fourth-order valence-corrected chi connectivity index (χ4v) is 3.33. The van der Waals surface area contributed by atoms with Crippen LogP contribution in [0, 0.1) is 5.82 Å². The number of methoxy groups -OCH3 is 3. The average molecular weight is 423 g/mol. The molecule has 1 N–H and O–H groups in total. The first-order valence-electron chi connectivity index (χ1n) is 9.23. The number of nitrogens with one attached hydrogen (secondary N) is 1. The Balaban J connectivity index is 1.73. The van der Waals surface area contributed by atoms with Crippen molar-refractivity contribution in [1.82, 2.24) is 0 Å². The normalized spacial score (nSPS) is 10.8. The first-order valence-corrected chi connectivity index (χ1v) is 9.23. The maximum atomic E-state index is 14.1. The zero-order valence-electron chi connectivity index (χ0n) is 16.9. The highest BCUT2D eigenvalue weighted by Gasteiger charge is 2.18. The molecule has 4 aromatic rings. The fourth-order valence-electron chi connectivity index (χ4n) is 3.33. The van der Waals surface area contributed by atoms with E-state index in [1.807, 2.05) is 0 Å². The summed E-state index contributed by atoms with van der Waals surface area (Å²) in [6.45, 7) is 0. The fraction of sp³-hybridized carbons (Fsp3) is 0.130. The smallest absolute Gasteiger partial charge is 0.255 e. The van der Waals surface area contributed by atoms with Gasteiger partial charge in [0.1, 0.15) is 5.58 Å². The van der Waals surface area contributed by atoms with E-state index in [4.69, 9.17) is 18.6 Å². The number of ether oxygens (including phenoxy) is 3. The van der Waals surface area contributed by atoms with Gasteiger partial charge in [-0.3, -0.25) is 9.59 Å². The van der Waals surface area contributed by atoms with E-state index in [1.165, 1.54) is 63.8 Å². The summed E-state index contributed by atoms with van der Waals surface area (Å²) in [5.74, 6) is -0.0591. The highest BCUT2D eigenvalue weighted by molar-refractivity contribution is 6.06. The lowest BCUT2D eigenvalue weighted by atomic mass is 10.1. The minimum Gasteiger partial charge on any atom is -0.493 e. The summed E-state index contributed by atoms with van der Waals surface area (Å²) in [6.07, 6.45) is 0. The summed E-state index contributed by atoms with van der Waals surface area (Å²) in [7, 11) is 4.37. The number of hydrogen-bond acceptors (Lipinski definition) is 6. The van der Waals surface area contributed by atoms with E-state index in [1.54, 1.807) is 6.07 Å². The summed E-state index contributed by atoms with van der Waals surface area (Å²) < 4.78 is 35.5. The van der Waals surface area contributed by atoms with Crippen LogP contribution >= 0.6 is 0 Å². The predicted octanol–water partition coefficient (Wildman–Crippen LogP) is 4.36. The molecule has 1 heterocycles. The van der Waals surface area contributed by atoms with Crippen molar-refractivity contribution in [3.8, 4) is 17.2 Å². The average Bonchev–Trinajstić information content (AvgIpc) is 2.78. The van der Waals surface area contributed by atoms with Crippen molar-refractivity contribution in [3.63, 3.8) is 0 Å². The van der Waals surface area contributed by atoms with Gasteiger partial charge in [-0.1, -0.05) is 6.07 Å². The molecular formula is C23H18FNO6. The largest absolute Gasteiger partial charge is 0.493 e. The van der Waals surface area contributed by atoms with E-state index in [2.05, 4.69) is 5.32 Å². The van der Waals surface area contributed by atoms with Crippen LogP contribution in [0.3, 0.4) is 0 Å². The van der Waals surface area contributed by atoms with Crippen LogP contribution in [0.5, 0.6) is 17.2 Å². The first kappa shape index (κ1) is 20.2. The molecule has 0 aliphatic rings. The Kier molecular flexibility index (Phi) is 5.21. The molecule has 158 valence electrons. The topological polar surface area (TPSA) is 87.0 Å². The lowest BCUT2D eigenvalue weighted by Gasteiger charge is -2.14. The van der Waals surface area contributed by atoms with Crippen LogP contribution in [0.1, 0.15) is 10.4 Å². The van der Waals surface area contributed by atoms with E-state index < -0.39 is 11.7 Å². The first-order chi connectivity index (χ1) is 15.0. The van der Waals surface area contributed by atoms with Gasteiger partial charge in [0.2, 0.25) is 11.2 Å². The van der Waals surface area contributed by atoms with E-state index in [9.17, 15) is 14.0 Å². The van der Waals surface area contributed by atoms with Crippen LogP contribution in [-0.2, 0) is 0 Å². The van der Waals surface area contributed by atoms with Crippen molar-refractivity contribution in [2.75, 3.05) is 26.6 Å². The second-order valence-corrected chi connectivity index (χ2v) is 6.63. The van der Waals surface area contributed by atoms with Gasteiger partial charge in [-0.05, 0) is 36.4 Å². The van der Waals surface area contributed by atoms with E-state index >= 15 is 0 Å². The molecule has 0 saturated heterocycles. The third kappa shape index (κ3) is 3.52. The number of carbonyl (C=O) groups excluding carboxylic acids is 1. The van der Waals surface area contributed by atoms with Crippen LogP contribution in [-0.4, -0.2) is 27.2 Å². The Morgan fingerprint density at radius 2 is 1.65 bits per heavy atom. The molecule has 0 saturated carbocycles. The minimum atomic E-state index is -0.636. The van der Waals surface area contributed by atoms with Gasteiger partial charge in [-0.15, -0.1) is 0 Å². The number of halogens is 1. The van der Waals surface area contributed by atoms with Crippen LogP contribution in [0.25, 0.3) is 21.9 Å². The van der Waals surface area contributed by atoms with Gasteiger partial charge in [0.05, 0.1) is 32.1 Å². The molecule has 4 rings (SSSR count). The number of hydrogen-bond donors (Lipinski definition) is 1. The molecule has 1 aromatic heterocycles. The number of fused-ring (bicyclic) bond motifs is 2. The zero-order chi connectivity index (χ0) is 22.1. The number of amides is 1. The molecular weight excluding hydrogens is 405 g/mol. The molecule has 0 fully saturated rings. The summed E-state index contributed by atoms with van der Waals surface area (Å²) in [4.78, 5) is 25.4. The van der Waals surface area contributed by atoms with Gasteiger partial charge < -0.3 is 23.9 Å². The van der Waals surface area contributed by atoms with Crippen molar-refractivity contribution >= 4 is 33.5 Å². The molecule has 31 heavy (non-hydrogen) atoms. The van der Waals surface area contributed by atoms with Crippen molar-refractivity contribution in [3.05, 3.63) is 70.1 Å². The minimum absolute atomic E-state index is 0.131. The monoisotopic (exact) mass is 423 g/mol. The van der Waals surface area contributed by atoms with Crippen LogP contribution in [0.4, 0.5) is 10.1 Å². The Bertz CT molecular complexity index is 1350. The molecule has 0 unspecified atom stereocenters. The summed E-state index contributed by atoms with van der Waals surface area (Å²) >= 11 is 0. The third-order valence-electron chi connectivity index (χ3n) is 4.83. The number of benzene rings is 3. The standard InChI is InChI=1S/C23H18FNO6/c1-28-18-9-12(10-19(29-2)22(18)30-3)23(27)25-13-7-8-14-17(11-13)31-21-15(20(14)26)5-4-6-16(21)24/h4-11H,1-3H3,(H,25,27). The van der Waals surface area contributed by atoms with Gasteiger partial charge in [0.25, 0.3) is 5.91 Å². The second kappa shape index (κ2) is 7.98. The molecule has 0 spiro atoms. The zero-order valence-corrected chi connectivity index (χ0v) is 16.9. The summed E-state index contributed by atoms with van der Waals surface area (Å²) in [6, 6.07) is 11.8. The van der Waals surface area contributed by atoms with Crippen LogP contribution in [0.2, 0.25) is 0 Å². The van der Waals surface area contributed by atoms with E-state index in [0.717, 1.165) is 0 Å². The number of anilines is 1. The predicted molar refractivity (Wildman–Crippen MR) is 114 cm³/mol. The van der Waals surface area contributed by atoms with Crippen LogP contribution < -0.4 is 25.0 Å². The Hall–Kier alpha value is -4.07. The van der Waals surface area contributed by atoms with Crippen molar-refractivity contribution in [1.29, 1.82) is 0 Å². The molecule has 8 heteroatoms. The van der Waals surface area contributed by atoms with Gasteiger partial charge in [0, 0.05) is 17.3 Å². The highest BCUT2D eigenvalue weighted by Crippen LogP contribution is 2.38. The third-order valence-corrected chi connectivity index (χ3v) is 4.83. The molecule has 1 amide bonds. The molecule has 0 aliphatic heterocycles. The Morgan fingerprint density at radius 1 is 0.935 bits per heavy atom. The molecule has 0 atom stereocenters. The molecule has 0 bridgehead atoms. The van der Waals surface area contributed by atoms with Crippen molar-refractivity contribution < 1.29 is 27.8 Å². The lowest BCUT2D eigenvalue weighted by molar-refractivity contribution is 0.102. The Morgan fingerprint density at radius 3 is 2.29 bits per heavy atom. The van der Waals surface area contributed by atoms with Gasteiger partial charge in [0.15, 0.2) is 22.9 Å². The maximum absolute atomic E-state index is 14.1. The van der Waals surface area contributed by atoms with Crippen LogP contribution in [0.15, 0.2) is 57.7 Å². The second-order valence-electron chi connectivity index (χ2n) is 6.63. The van der Waals surface area contributed by atoms with Crippen molar-refractivity contribution in [2.24, 2.45) is 0 Å². The number of carbonyl (C=O) groups is 1. The molecule has 3 aromatic carbocycles. The lowest BCUT2D eigenvalue weighted by Crippen LogP contribution is -2.13. The van der Waals surface area contributed by atoms with Gasteiger partial charge in [-0.2, -0.15) is 0 Å². The molecule has 0 radical (unpaired) electrons. The van der Waals surface area contributed by atoms with E-state index in [-0.39, 0.29) is 32.9 Å². The van der Waals surface area contributed by atoms with E-state index in [0.29, 0.717) is 22.9 Å². The number of para-hydroxylation sites is 1. The van der Waals surface area contributed by atoms with Crippen molar-refractivity contribution in [2.45, 2.75) is 0 Å². The summed E-state index contributed by atoms with van der Waals surface area (Å²) in [5, 5.41) is 3.16. The quantitative estimate of drug-likeness (QED) is 0.480. The summed E-state index contributed by atoms with van der Waals surface area (Å²) in [5.41, 5.74) is 0.308. The maximum Gasteiger partial charge on any atom is 0.255 e. The van der Waals surface area contributed by atoms with Gasteiger partial charge in [-0.25, -0.2) is 4.39 Å². The van der Waals surface area contributed by atoms with Gasteiger partial charge >= 0.3 is 0 Å². The SMILES string of the molecule is COc1cc(C(=O)Nc2ccc3c(=O)c4cccc(F)c4oc3c2)cc(OC)c1OC. The molecule has 7 nitrogen and oxygen atoms in total. The number of rotatable bonds is 5. The highest BCUT2D eigenvalue weighted by atomic mass is 19.1. The molecule has 0 aliphatic carbocycles. The Labute approximate surface area is 175 Å².